The molecule has 0 aliphatic carbocycles. The predicted molar refractivity (Wildman–Crippen MR) is 97.1 cm³/mol. The second-order valence-corrected chi connectivity index (χ2v) is 6.78. The minimum absolute atomic E-state index is 0.0136. The third kappa shape index (κ3) is 3.94. The molecule has 144 valence electrons. The first-order valence-electron chi connectivity index (χ1n) is 8.93. The van der Waals surface area contributed by atoms with Crippen LogP contribution >= 0.6 is 0 Å². The number of anilines is 1. The van der Waals surface area contributed by atoms with Crippen molar-refractivity contribution in [3.05, 3.63) is 29.8 Å². The Labute approximate surface area is 157 Å². The summed E-state index contributed by atoms with van der Waals surface area (Å²) in [6.07, 6.45) is 0.171. The molecule has 0 bridgehead atoms. The summed E-state index contributed by atoms with van der Waals surface area (Å²) >= 11 is 0. The Morgan fingerprint density at radius 3 is 2.15 bits per heavy atom. The van der Waals surface area contributed by atoms with Gasteiger partial charge < -0.3 is 19.4 Å². The van der Waals surface area contributed by atoms with E-state index in [1.165, 1.54) is 14.0 Å². The summed E-state index contributed by atoms with van der Waals surface area (Å²) in [7, 11) is 1.31. The van der Waals surface area contributed by atoms with Crippen LogP contribution in [0.3, 0.4) is 0 Å². The molecule has 1 aromatic carbocycles. The Kier molecular flexibility index (Phi) is 5.43. The molecule has 2 fully saturated rings. The van der Waals surface area contributed by atoms with Crippen LogP contribution in [0.5, 0.6) is 0 Å². The van der Waals surface area contributed by atoms with E-state index in [0.717, 1.165) is 0 Å². The topological polar surface area (TPSA) is 87.2 Å². The fraction of sp³-hybridized carbons (Fsp3) is 0.474. The maximum Gasteiger partial charge on any atom is 0.337 e. The van der Waals surface area contributed by atoms with E-state index in [0.29, 0.717) is 44.0 Å². The van der Waals surface area contributed by atoms with Gasteiger partial charge in [0, 0.05) is 51.8 Å². The normalized spacial score (nSPS) is 20.0. The minimum atomic E-state index is -0.438. The number of carbonyl (C=O) groups excluding carboxylic acids is 4. The highest BCUT2D eigenvalue weighted by Gasteiger charge is 2.38. The van der Waals surface area contributed by atoms with Gasteiger partial charge in [-0.05, 0) is 24.3 Å². The summed E-state index contributed by atoms with van der Waals surface area (Å²) in [4.78, 5) is 53.1. The molecule has 3 rings (SSSR count). The average molecular weight is 373 g/mol. The van der Waals surface area contributed by atoms with Gasteiger partial charge in [0.15, 0.2) is 0 Å². The third-order valence-electron chi connectivity index (χ3n) is 5.11. The lowest BCUT2D eigenvalue weighted by Crippen LogP contribution is -2.51. The van der Waals surface area contributed by atoms with Crippen molar-refractivity contribution >= 4 is 29.4 Å². The van der Waals surface area contributed by atoms with Crippen LogP contribution in [0.25, 0.3) is 0 Å². The number of hydrogen-bond donors (Lipinski definition) is 0. The molecule has 1 unspecified atom stereocenters. The van der Waals surface area contributed by atoms with Gasteiger partial charge in [0.05, 0.1) is 18.6 Å². The molecule has 8 nitrogen and oxygen atoms in total. The monoisotopic (exact) mass is 373 g/mol. The standard InChI is InChI=1S/C19H23N3O5/c1-13(23)20-7-9-21(10-8-20)18(25)15-11-17(24)22(12-15)16-5-3-14(4-6-16)19(26)27-2/h3-6,15H,7-12H2,1-2H3. The van der Waals surface area contributed by atoms with Crippen LogP contribution in [-0.4, -0.2) is 73.3 Å². The van der Waals surface area contributed by atoms with Gasteiger partial charge >= 0.3 is 5.97 Å². The van der Waals surface area contributed by atoms with Crippen molar-refractivity contribution in [2.24, 2.45) is 5.92 Å². The number of nitrogens with zero attached hydrogens (tertiary/aromatic N) is 3. The molecule has 3 amide bonds. The number of piperazine rings is 1. The van der Waals surface area contributed by atoms with Gasteiger partial charge in [0.1, 0.15) is 0 Å². The van der Waals surface area contributed by atoms with E-state index < -0.39 is 5.97 Å². The Bertz CT molecular complexity index is 753. The van der Waals surface area contributed by atoms with E-state index in [1.807, 2.05) is 0 Å². The van der Waals surface area contributed by atoms with Crippen LogP contribution in [0.1, 0.15) is 23.7 Å². The van der Waals surface area contributed by atoms with Crippen LogP contribution in [0.4, 0.5) is 5.69 Å². The number of hydrogen-bond acceptors (Lipinski definition) is 5. The van der Waals surface area contributed by atoms with Crippen LogP contribution in [-0.2, 0) is 19.1 Å². The SMILES string of the molecule is COC(=O)c1ccc(N2CC(C(=O)N3CCN(C(C)=O)CC3)CC2=O)cc1. The predicted octanol–water partition coefficient (Wildman–Crippen LogP) is 0.517. The van der Waals surface area contributed by atoms with Crippen molar-refractivity contribution in [2.45, 2.75) is 13.3 Å². The van der Waals surface area contributed by atoms with Gasteiger partial charge in [0.2, 0.25) is 17.7 Å². The van der Waals surface area contributed by atoms with Crippen LogP contribution in [0.2, 0.25) is 0 Å². The van der Waals surface area contributed by atoms with Crippen molar-refractivity contribution in [2.75, 3.05) is 44.7 Å². The second-order valence-electron chi connectivity index (χ2n) is 6.78. The highest BCUT2D eigenvalue weighted by molar-refractivity contribution is 6.00. The van der Waals surface area contributed by atoms with Gasteiger partial charge in [-0.25, -0.2) is 4.79 Å². The molecule has 1 aromatic rings. The molecule has 2 aliphatic rings. The van der Waals surface area contributed by atoms with Crippen LogP contribution < -0.4 is 4.90 Å². The molecule has 0 aromatic heterocycles. The third-order valence-corrected chi connectivity index (χ3v) is 5.11. The Morgan fingerprint density at radius 1 is 1.00 bits per heavy atom. The molecule has 2 heterocycles. The number of ether oxygens (including phenoxy) is 1. The van der Waals surface area contributed by atoms with E-state index in [2.05, 4.69) is 4.74 Å². The van der Waals surface area contributed by atoms with Gasteiger partial charge in [0.25, 0.3) is 0 Å². The molecule has 0 N–H and O–H groups in total. The number of rotatable bonds is 3. The molecule has 2 aliphatic heterocycles. The molecule has 0 radical (unpaired) electrons. The smallest absolute Gasteiger partial charge is 0.337 e. The molecule has 1 atom stereocenters. The first kappa shape index (κ1) is 18.9. The van der Waals surface area contributed by atoms with Crippen LogP contribution in [0.15, 0.2) is 24.3 Å². The largest absolute Gasteiger partial charge is 0.465 e. The molecule has 0 saturated carbocycles. The molecule has 0 spiro atoms. The lowest BCUT2D eigenvalue weighted by Gasteiger charge is -2.35. The van der Waals surface area contributed by atoms with Crippen molar-refractivity contribution in [1.82, 2.24) is 9.80 Å². The summed E-state index contributed by atoms with van der Waals surface area (Å²) in [6.45, 7) is 3.90. The van der Waals surface area contributed by atoms with Crippen molar-refractivity contribution in [3.63, 3.8) is 0 Å². The summed E-state index contributed by atoms with van der Waals surface area (Å²) in [5.41, 5.74) is 1.06. The van der Waals surface area contributed by atoms with E-state index in [4.69, 9.17) is 0 Å². The highest BCUT2D eigenvalue weighted by atomic mass is 16.5. The number of carbonyl (C=O) groups is 4. The molecular formula is C19H23N3O5. The van der Waals surface area contributed by atoms with Gasteiger partial charge in [-0.1, -0.05) is 0 Å². The zero-order chi connectivity index (χ0) is 19.6. The zero-order valence-electron chi connectivity index (χ0n) is 15.5. The molecular weight excluding hydrogens is 350 g/mol. The average Bonchev–Trinajstić information content (AvgIpc) is 3.08. The molecule has 27 heavy (non-hydrogen) atoms. The lowest BCUT2D eigenvalue weighted by atomic mass is 10.1. The number of esters is 1. The zero-order valence-corrected chi connectivity index (χ0v) is 15.5. The van der Waals surface area contributed by atoms with E-state index >= 15 is 0 Å². The number of amides is 3. The van der Waals surface area contributed by atoms with E-state index in [1.54, 1.807) is 39.0 Å². The van der Waals surface area contributed by atoms with Gasteiger partial charge in [-0.3, -0.25) is 14.4 Å². The first-order chi connectivity index (χ1) is 12.9. The lowest BCUT2D eigenvalue weighted by molar-refractivity contribution is -0.141. The molecule has 8 heteroatoms. The quantitative estimate of drug-likeness (QED) is 0.721. The summed E-state index contributed by atoms with van der Waals surface area (Å²) < 4.78 is 4.67. The first-order valence-corrected chi connectivity index (χ1v) is 8.93. The number of benzene rings is 1. The fourth-order valence-corrected chi connectivity index (χ4v) is 3.52. The van der Waals surface area contributed by atoms with Crippen molar-refractivity contribution in [1.29, 1.82) is 0 Å². The Morgan fingerprint density at radius 2 is 1.59 bits per heavy atom. The van der Waals surface area contributed by atoms with Gasteiger partial charge in [-0.15, -0.1) is 0 Å². The Hall–Kier alpha value is -2.90. The Balaban J connectivity index is 1.62. The minimum Gasteiger partial charge on any atom is -0.465 e. The number of methoxy groups -OCH3 is 1. The fourth-order valence-electron chi connectivity index (χ4n) is 3.52. The second kappa shape index (κ2) is 7.77. The van der Waals surface area contributed by atoms with Gasteiger partial charge in [-0.2, -0.15) is 0 Å². The summed E-state index contributed by atoms with van der Waals surface area (Å²) in [6, 6.07) is 6.57. The van der Waals surface area contributed by atoms with E-state index in [9.17, 15) is 19.2 Å². The maximum absolute atomic E-state index is 12.8. The van der Waals surface area contributed by atoms with Crippen molar-refractivity contribution < 1.29 is 23.9 Å². The summed E-state index contributed by atoms with van der Waals surface area (Å²) in [5, 5.41) is 0. The van der Waals surface area contributed by atoms with E-state index in [-0.39, 0.29) is 30.1 Å². The molecule has 2 saturated heterocycles. The highest BCUT2D eigenvalue weighted by Crippen LogP contribution is 2.27. The summed E-state index contributed by atoms with van der Waals surface area (Å²) in [5.74, 6) is -0.963. The maximum atomic E-state index is 12.8. The van der Waals surface area contributed by atoms with Crippen molar-refractivity contribution in [3.8, 4) is 0 Å². The van der Waals surface area contributed by atoms with Crippen LogP contribution in [0, 0.1) is 5.92 Å².